The molecule has 0 unspecified atom stereocenters. The van der Waals surface area contributed by atoms with Crippen LogP contribution in [-0.4, -0.2) is 24.1 Å². The number of hydrogen-bond acceptors (Lipinski definition) is 6. The molecule has 0 aliphatic heterocycles. The van der Waals surface area contributed by atoms with Gasteiger partial charge in [0.15, 0.2) is 0 Å². The molecule has 0 saturated carbocycles. The first kappa shape index (κ1) is 24.0. The van der Waals surface area contributed by atoms with Gasteiger partial charge in [0, 0.05) is 47.5 Å². The van der Waals surface area contributed by atoms with Crippen molar-refractivity contribution in [1.29, 1.82) is 0 Å². The zero-order chi connectivity index (χ0) is 26.2. The number of benzene rings is 1. The van der Waals surface area contributed by atoms with E-state index in [0.717, 1.165) is 33.6 Å². The van der Waals surface area contributed by atoms with Crippen molar-refractivity contribution in [2.24, 2.45) is 0 Å². The summed E-state index contributed by atoms with van der Waals surface area (Å²) in [5, 5.41) is 0.861. The normalized spacial score (nSPS) is 11.7. The molecular weight excluding hydrogens is 485 g/mol. The average Bonchev–Trinajstić information content (AvgIpc) is 3.39. The van der Waals surface area contributed by atoms with Crippen LogP contribution in [0.2, 0.25) is 0 Å². The molecule has 5 aromatic rings. The SMILES string of the molecule is Cc1cc(-n2ccnc2)c2cccc(OCc3c(N)cncc3Cn3ccc(C(F)(F)F)cc3=O)c2n1. The summed E-state index contributed by atoms with van der Waals surface area (Å²) in [7, 11) is 0. The van der Waals surface area contributed by atoms with Crippen molar-refractivity contribution in [3.63, 3.8) is 0 Å². The molecule has 8 nitrogen and oxygen atoms in total. The minimum atomic E-state index is -4.60. The van der Waals surface area contributed by atoms with Crippen LogP contribution in [0, 0.1) is 6.92 Å². The Morgan fingerprint density at radius 1 is 1.08 bits per heavy atom. The number of halogens is 3. The molecule has 4 aromatic heterocycles. The number of pyridine rings is 3. The highest BCUT2D eigenvalue weighted by molar-refractivity contribution is 5.91. The third kappa shape index (κ3) is 4.88. The Hall–Kier alpha value is -4.67. The number of imidazole rings is 1. The summed E-state index contributed by atoms with van der Waals surface area (Å²) in [6, 6.07) is 8.97. The van der Waals surface area contributed by atoms with Gasteiger partial charge in [-0.25, -0.2) is 9.97 Å². The zero-order valence-electron chi connectivity index (χ0n) is 19.6. The maximum atomic E-state index is 12.9. The van der Waals surface area contributed by atoms with E-state index in [1.54, 1.807) is 18.6 Å². The fourth-order valence-corrected chi connectivity index (χ4v) is 4.07. The number of aryl methyl sites for hydroxylation is 1. The van der Waals surface area contributed by atoms with E-state index in [9.17, 15) is 18.0 Å². The Morgan fingerprint density at radius 3 is 2.65 bits per heavy atom. The number of para-hydroxylation sites is 1. The molecule has 0 aliphatic rings. The Morgan fingerprint density at radius 2 is 1.92 bits per heavy atom. The Balaban J connectivity index is 1.46. The van der Waals surface area contributed by atoms with Crippen molar-refractivity contribution in [1.82, 2.24) is 24.1 Å². The van der Waals surface area contributed by atoms with Gasteiger partial charge in [0.05, 0.1) is 36.0 Å². The first-order valence-corrected chi connectivity index (χ1v) is 11.2. The molecule has 0 saturated heterocycles. The molecular formula is C26H21F3N6O2. The molecule has 4 heterocycles. The molecule has 0 amide bonds. The van der Waals surface area contributed by atoms with Gasteiger partial charge in [-0.1, -0.05) is 12.1 Å². The van der Waals surface area contributed by atoms with Gasteiger partial charge in [0.1, 0.15) is 17.9 Å². The monoisotopic (exact) mass is 506 g/mol. The molecule has 0 fully saturated rings. The second kappa shape index (κ2) is 9.41. The first-order chi connectivity index (χ1) is 17.7. The lowest BCUT2D eigenvalue weighted by atomic mass is 10.1. The molecule has 2 N–H and O–H groups in total. The summed E-state index contributed by atoms with van der Waals surface area (Å²) in [5.41, 5.74) is 8.18. The van der Waals surface area contributed by atoms with E-state index >= 15 is 0 Å². The number of alkyl halides is 3. The zero-order valence-corrected chi connectivity index (χ0v) is 19.6. The smallest absolute Gasteiger partial charge is 0.416 e. The van der Waals surface area contributed by atoms with Gasteiger partial charge < -0.3 is 19.6 Å². The summed E-state index contributed by atoms with van der Waals surface area (Å²) >= 11 is 0. The second-order valence-electron chi connectivity index (χ2n) is 8.44. The maximum Gasteiger partial charge on any atom is 0.416 e. The third-order valence-electron chi connectivity index (χ3n) is 5.91. The molecule has 0 radical (unpaired) electrons. The summed E-state index contributed by atoms with van der Waals surface area (Å²) < 4.78 is 48.0. The first-order valence-electron chi connectivity index (χ1n) is 11.2. The predicted molar refractivity (Wildman–Crippen MR) is 131 cm³/mol. The van der Waals surface area contributed by atoms with Crippen LogP contribution < -0.4 is 16.0 Å². The van der Waals surface area contributed by atoms with Crippen LogP contribution in [0.4, 0.5) is 18.9 Å². The number of rotatable bonds is 6. The molecule has 37 heavy (non-hydrogen) atoms. The van der Waals surface area contributed by atoms with Gasteiger partial charge in [0.25, 0.3) is 5.56 Å². The Kier molecular flexibility index (Phi) is 6.12. The molecule has 188 valence electrons. The summed E-state index contributed by atoms with van der Waals surface area (Å²) in [6.45, 7) is 1.90. The van der Waals surface area contributed by atoms with Gasteiger partial charge in [-0.05, 0) is 30.7 Å². The largest absolute Gasteiger partial charge is 0.487 e. The Bertz CT molecular complexity index is 1650. The highest BCUT2D eigenvalue weighted by atomic mass is 19.4. The van der Waals surface area contributed by atoms with E-state index in [1.807, 2.05) is 35.9 Å². The number of fused-ring (bicyclic) bond motifs is 1. The number of nitrogens with two attached hydrogens (primary N) is 1. The van der Waals surface area contributed by atoms with Gasteiger partial charge in [-0.3, -0.25) is 9.78 Å². The molecule has 0 bridgehead atoms. The lowest BCUT2D eigenvalue weighted by molar-refractivity contribution is -0.137. The number of hydrogen-bond donors (Lipinski definition) is 1. The van der Waals surface area contributed by atoms with Crippen LogP contribution in [0.15, 0.2) is 78.5 Å². The van der Waals surface area contributed by atoms with E-state index in [1.165, 1.54) is 12.4 Å². The summed E-state index contributed by atoms with van der Waals surface area (Å²) in [6.07, 6.45) is 4.72. The summed E-state index contributed by atoms with van der Waals surface area (Å²) in [4.78, 5) is 25.2. The van der Waals surface area contributed by atoms with Crippen LogP contribution in [-0.2, 0) is 19.3 Å². The molecule has 1 aromatic carbocycles. The lowest BCUT2D eigenvalue weighted by Crippen LogP contribution is -2.23. The van der Waals surface area contributed by atoms with Gasteiger partial charge in [-0.15, -0.1) is 0 Å². The van der Waals surface area contributed by atoms with Crippen LogP contribution in [0.25, 0.3) is 16.6 Å². The number of nitrogens with zero attached hydrogens (tertiary/aromatic N) is 5. The van der Waals surface area contributed by atoms with Crippen LogP contribution >= 0.6 is 0 Å². The van der Waals surface area contributed by atoms with Crippen LogP contribution in [0.3, 0.4) is 0 Å². The molecule has 0 atom stereocenters. The highest BCUT2D eigenvalue weighted by Crippen LogP contribution is 2.31. The topological polar surface area (TPSA) is 101 Å². The standard InChI is InChI=1S/C26H21F3N6O2/c1-16-9-22(35-8-6-31-15-35)19-3-2-4-23(25(19)33-16)37-14-20-17(11-32-12-21(20)30)13-34-7-5-18(10-24(34)36)26(27,28)29/h2-12,15H,13-14,30H2,1H3. The minimum Gasteiger partial charge on any atom is -0.487 e. The van der Waals surface area contributed by atoms with Gasteiger partial charge in [-0.2, -0.15) is 13.2 Å². The van der Waals surface area contributed by atoms with Crippen molar-refractivity contribution in [2.45, 2.75) is 26.3 Å². The lowest BCUT2D eigenvalue weighted by Gasteiger charge is -2.16. The van der Waals surface area contributed by atoms with Crippen molar-refractivity contribution < 1.29 is 17.9 Å². The van der Waals surface area contributed by atoms with E-state index in [4.69, 9.17) is 10.5 Å². The van der Waals surface area contributed by atoms with Crippen molar-refractivity contribution in [3.05, 3.63) is 106 Å². The van der Waals surface area contributed by atoms with E-state index in [-0.39, 0.29) is 13.2 Å². The van der Waals surface area contributed by atoms with Gasteiger partial charge in [0.2, 0.25) is 0 Å². The number of nitrogen functional groups attached to an aromatic ring is 1. The van der Waals surface area contributed by atoms with E-state index < -0.39 is 17.3 Å². The fraction of sp³-hybridized carbons (Fsp3) is 0.154. The van der Waals surface area contributed by atoms with E-state index in [0.29, 0.717) is 34.1 Å². The molecule has 0 aliphatic carbocycles. The maximum absolute atomic E-state index is 12.9. The molecule has 11 heteroatoms. The van der Waals surface area contributed by atoms with Crippen LogP contribution in [0.5, 0.6) is 5.75 Å². The van der Waals surface area contributed by atoms with Crippen molar-refractivity contribution in [2.75, 3.05) is 5.73 Å². The molecule has 5 rings (SSSR count). The second-order valence-corrected chi connectivity index (χ2v) is 8.44. The fourth-order valence-electron chi connectivity index (χ4n) is 4.07. The predicted octanol–water partition coefficient (Wildman–Crippen LogP) is 4.51. The van der Waals surface area contributed by atoms with E-state index in [2.05, 4.69) is 15.0 Å². The average molecular weight is 506 g/mol. The number of anilines is 1. The van der Waals surface area contributed by atoms with Crippen molar-refractivity contribution in [3.8, 4) is 11.4 Å². The summed E-state index contributed by atoms with van der Waals surface area (Å²) in [5.74, 6) is 0.524. The number of ether oxygens (including phenoxy) is 1. The highest BCUT2D eigenvalue weighted by Gasteiger charge is 2.31. The molecule has 0 spiro atoms. The number of aromatic nitrogens is 5. The minimum absolute atomic E-state index is 0.0224. The van der Waals surface area contributed by atoms with Crippen LogP contribution in [0.1, 0.15) is 22.4 Å². The Labute approximate surface area is 208 Å². The van der Waals surface area contributed by atoms with Gasteiger partial charge >= 0.3 is 6.18 Å². The van der Waals surface area contributed by atoms with Crippen molar-refractivity contribution >= 4 is 16.6 Å². The third-order valence-corrected chi connectivity index (χ3v) is 5.91. The quantitative estimate of drug-likeness (QED) is 0.364.